The van der Waals surface area contributed by atoms with Gasteiger partial charge in [0.25, 0.3) is 5.91 Å². The van der Waals surface area contributed by atoms with E-state index in [-0.39, 0.29) is 16.3 Å². The fourth-order valence-corrected chi connectivity index (χ4v) is 1.95. The third-order valence-electron chi connectivity index (χ3n) is 2.87. The second-order valence-corrected chi connectivity index (χ2v) is 4.95. The number of rotatable bonds is 5. The van der Waals surface area contributed by atoms with E-state index in [2.05, 4.69) is 5.32 Å². The standard InChI is InChI=1S/C16H14ClNO5/c1-22-12-4-2-3-11(8-12)18-15(20)9-23-16(21)13-7-10(17)5-6-14(13)19/h2-8,19H,9H2,1H3,(H,18,20). The minimum atomic E-state index is -0.842. The van der Waals surface area contributed by atoms with Crippen LogP contribution in [0.1, 0.15) is 10.4 Å². The molecule has 120 valence electrons. The van der Waals surface area contributed by atoms with Gasteiger partial charge in [0.1, 0.15) is 17.1 Å². The fraction of sp³-hybridized carbons (Fsp3) is 0.125. The third-order valence-corrected chi connectivity index (χ3v) is 3.10. The van der Waals surface area contributed by atoms with E-state index in [4.69, 9.17) is 21.1 Å². The lowest BCUT2D eigenvalue weighted by Gasteiger charge is -2.08. The predicted octanol–water partition coefficient (Wildman–Crippen LogP) is 2.85. The van der Waals surface area contributed by atoms with Crippen LogP contribution in [0.2, 0.25) is 5.02 Å². The largest absolute Gasteiger partial charge is 0.507 e. The molecule has 0 fully saturated rings. The van der Waals surface area contributed by atoms with Gasteiger partial charge in [-0.3, -0.25) is 4.79 Å². The van der Waals surface area contributed by atoms with Crippen molar-refractivity contribution in [3.63, 3.8) is 0 Å². The Bertz CT molecular complexity index is 732. The van der Waals surface area contributed by atoms with Gasteiger partial charge in [-0.15, -0.1) is 0 Å². The van der Waals surface area contributed by atoms with Gasteiger partial charge in [-0.1, -0.05) is 17.7 Å². The summed E-state index contributed by atoms with van der Waals surface area (Å²) < 4.78 is 9.89. The number of hydrogen-bond donors (Lipinski definition) is 2. The summed E-state index contributed by atoms with van der Waals surface area (Å²) in [5.74, 6) is -1.05. The van der Waals surface area contributed by atoms with Gasteiger partial charge in [0.15, 0.2) is 6.61 Å². The van der Waals surface area contributed by atoms with Crippen molar-refractivity contribution in [2.24, 2.45) is 0 Å². The highest BCUT2D eigenvalue weighted by atomic mass is 35.5. The normalized spacial score (nSPS) is 10.0. The van der Waals surface area contributed by atoms with Gasteiger partial charge >= 0.3 is 5.97 Å². The SMILES string of the molecule is COc1cccc(NC(=O)COC(=O)c2cc(Cl)ccc2O)c1. The van der Waals surface area contributed by atoms with Crippen LogP contribution < -0.4 is 10.1 Å². The molecule has 0 radical (unpaired) electrons. The molecule has 0 spiro atoms. The first-order valence-electron chi connectivity index (χ1n) is 6.59. The Hall–Kier alpha value is -2.73. The van der Waals surface area contributed by atoms with Gasteiger partial charge in [-0.05, 0) is 30.3 Å². The van der Waals surface area contributed by atoms with Crippen LogP contribution in [-0.2, 0) is 9.53 Å². The summed E-state index contributed by atoms with van der Waals surface area (Å²) in [7, 11) is 1.51. The third kappa shape index (κ3) is 4.62. The summed E-state index contributed by atoms with van der Waals surface area (Å²) in [6.07, 6.45) is 0. The van der Waals surface area contributed by atoms with Crippen LogP contribution in [0, 0.1) is 0 Å². The molecule has 1 amide bonds. The number of phenols is 1. The van der Waals surface area contributed by atoms with Crippen molar-refractivity contribution >= 4 is 29.2 Å². The Balaban J connectivity index is 1.93. The first kappa shape index (κ1) is 16.6. The van der Waals surface area contributed by atoms with E-state index < -0.39 is 18.5 Å². The summed E-state index contributed by atoms with van der Waals surface area (Å²) >= 11 is 5.75. The molecule has 0 aliphatic carbocycles. The zero-order chi connectivity index (χ0) is 16.8. The topological polar surface area (TPSA) is 84.9 Å². The number of hydrogen-bond acceptors (Lipinski definition) is 5. The lowest BCUT2D eigenvalue weighted by Crippen LogP contribution is -2.21. The monoisotopic (exact) mass is 335 g/mol. The molecule has 7 heteroatoms. The number of halogens is 1. The number of nitrogens with one attached hydrogen (secondary N) is 1. The van der Waals surface area contributed by atoms with Gasteiger partial charge in [0.2, 0.25) is 0 Å². The summed E-state index contributed by atoms with van der Waals surface area (Å²) in [6.45, 7) is -0.498. The number of methoxy groups -OCH3 is 1. The second-order valence-electron chi connectivity index (χ2n) is 4.52. The van der Waals surface area contributed by atoms with E-state index in [0.29, 0.717) is 11.4 Å². The molecule has 23 heavy (non-hydrogen) atoms. The highest BCUT2D eigenvalue weighted by Gasteiger charge is 2.15. The maximum Gasteiger partial charge on any atom is 0.342 e. The first-order chi connectivity index (χ1) is 11.0. The molecule has 0 bridgehead atoms. The maximum atomic E-state index is 11.8. The summed E-state index contributed by atoms with van der Waals surface area (Å²) in [5, 5.41) is 12.4. The van der Waals surface area contributed by atoms with Crippen LogP contribution in [0.15, 0.2) is 42.5 Å². The van der Waals surface area contributed by atoms with Crippen molar-refractivity contribution < 1.29 is 24.2 Å². The van der Waals surface area contributed by atoms with Gasteiger partial charge in [-0.25, -0.2) is 4.79 Å². The Labute approximate surface area is 137 Å². The first-order valence-corrected chi connectivity index (χ1v) is 6.97. The molecule has 2 aromatic rings. The molecular formula is C16H14ClNO5. The fourth-order valence-electron chi connectivity index (χ4n) is 1.78. The van der Waals surface area contributed by atoms with E-state index >= 15 is 0 Å². The number of amides is 1. The van der Waals surface area contributed by atoms with Crippen molar-refractivity contribution in [3.8, 4) is 11.5 Å². The number of esters is 1. The van der Waals surface area contributed by atoms with Crippen molar-refractivity contribution in [2.75, 3.05) is 19.0 Å². The Kier molecular flexibility index (Phi) is 5.43. The molecule has 0 heterocycles. The molecule has 0 aliphatic rings. The van der Waals surface area contributed by atoms with Crippen LogP contribution in [0.25, 0.3) is 0 Å². The lowest BCUT2D eigenvalue weighted by atomic mass is 10.2. The zero-order valence-electron chi connectivity index (χ0n) is 12.2. The van der Waals surface area contributed by atoms with Gasteiger partial charge < -0.3 is 19.9 Å². The van der Waals surface area contributed by atoms with Gasteiger partial charge in [0, 0.05) is 16.8 Å². The number of aromatic hydroxyl groups is 1. The molecule has 2 rings (SSSR count). The van der Waals surface area contributed by atoms with Crippen molar-refractivity contribution in [3.05, 3.63) is 53.1 Å². The molecule has 0 saturated heterocycles. The quantitative estimate of drug-likeness (QED) is 0.821. The molecule has 0 saturated carbocycles. The smallest absolute Gasteiger partial charge is 0.342 e. The van der Waals surface area contributed by atoms with E-state index in [1.54, 1.807) is 24.3 Å². The molecule has 0 unspecified atom stereocenters. The minimum absolute atomic E-state index is 0.105. The molecular weight excluding hydrogens is 322 g/mol. The Morgan fingerprint density at radius 1 is 1.22 bits per heavy atom. The number of carbonyl (C=O) groups excluding carboxylic acids is 2. The van der Waals surface area contributed by atoms with Gasteiger partial charge in [0.05, 0.1) is 7.11 Å². The highest BCUT2D eigenvalue weighted by Crippen LogP contribution is 2.22. The number of ether oxygens (including phenoxy) is 2. The summed E-state index contributed by atoms with van der Waals surface area (Å²) in [6, 6.07) is 10.7. The maximum absolute atomic E-state index is 11.8. The van der Waals surface area contributed by atoms with E-state index in [1.165, 1.54) is 25.3 Å². The van der Waals surface area contributed by atoms with E-state index in [9.17, 15) is 14.7 Å². The van der Waals surface area contributed by atoms with Crippen LogP contribution in [0.4, 0.5) is 5.69 Å². The molecule has 0 atom stereocenters. The number of phenolic OH excluding ortho intramolecular Hbond substituents is 1. The van der Waals surface area contributed by atoms with Gasteiger partial charge in [-0.2, -0.15) is 0 Å². The molecule has 6 nitrogen and oxygen atoms in total. The van der Waals surface area contributed by atoms with E-state index in [0.717, 1.165) is 0 Å². The molecule has 0 aliphatic heterocycles. The predicted molar refractivity (Wildman–Crippen MR) is 85.0 cm³/mol. The molecule has 2 N–H and O–H groups in total. The Morgan fingerprint density at radius 3 is 2.74 bits per heavy atom. The van der Waals surface area contributed by atoms with Crippen LogP contribution in [-0.4, -0.2) is 30.7 Å². The lowest BCUT2D eigenvalue weighted by molar-refractivity contribution is -0.119. The zero-order valence-corrected chi connectivity index (χ0v) is 13.0. The average molecular weight is 336 g/mol. The van der Waals surface area contributed by atoms with E-state index in [1.807, 2.05) is 0 Å². The van der Waals surface area contributed by atoms with Crippen molar-refractivity contribution in [1.29, 1.82) is 0 Å². The molecule has 2 aromatic carbocycles. The van der Waals surface area contributed by atoms with Crippen LogP contribution in [0.5, 0.6) is 11.5 Å². The Morgan fingerprint density at radius 2 is 2.00 bits per heavy atom. The molecule has 0 aromatic heterocycles. The highest BCUT2D eigenvalue weighted by molar-refractivity contribution is 6.31. The number of carbonyl (C=O) groups is 2. The number of anilines is 1. The number of benzene rings is 2. The van der Waals surface area contributed by atoms with Crippen LogP contribution >= 0.6 is 11.6 Å². The minimum Gasteiger partial charge on any atom is -0.507 e. The van der Waals surface area contributed by atoms with Crippen LogP contribution in [0.3, 0.4) is 0 Å². The van der Waals surface area contributed by atoms with Crippen molar-refractivity contribution in [1.82, 2.24) is 0 Å². The summed E-state index contributed by atoms with van der Waals surface area (Å²) in [4.78, 5) is 23.6. The van der Waals surface area contributed by atoms with Crippen molar-refractivity contribution in [2.45, 2.75) is 0 Å². The average Bonchev–Trinajstić information content (AvgIpc) is 2.55. The summed E-state index contributed by atoms with van der Waals surface area (Å²) in [5.41, 5.74) is 0.405. The second kappa shape index (κ2) is 7.51.